The van der Waals surface area contributed by atoms with Gasteiger partial charge in [0.05, 0.1) is 18.8 Å². The monoisotopic (exact) mass is 296 g/mol. The van der Waals surface area contributed by atoms with E-state index in [2.05, 4.69) is 5.32 Å². The van der Waals surface area contributed by atoms with Crippen molar-refractivity contribution >= 4 is 11.6 Å². The van der Waals surface area contributed by atoms with Gasteiger partial charge in [-0.2, -0.15) is 0 Å². The lowest BCUT2D eigenvalue weighted by atomic mass is 10.2. The van der Waals surface area contributed by atoms with E-state index in [1.807, 2.05) is 11.8 Å². The van der Waals surface area contributed by atoms with Gasteiger partial charge in [0.25, 0.3) is 0 Å². The second kappa shape index (κ2) is 7.26. The van der Waals surface area contributed by atoms with Gasteiger partial charge in [-0.1, -0.05) is 6.07 Å². The predicted octanol–water partition coefficient (Wildman–Crippen LogP) is 1.57. The Morgan fingerprint density at radius 2 is 2.38 bits per heavy atom. The highest BCUT2D eigenvalue weighted by atomic mass is 19.1. The van der Waals surface area contributed by atoms with Crippen LogP contribution in [-0.4, -0.2) is 45.4 Å². The van der Waals surface area contributed by atoms with Crippen LogP contribution in [0.15, 0.2) is 18.2 Å². The zero-order chi connectivity index (χ0) is 15.2. The van der Waals surface area contributed by atoms with Crippen molar-refractivity contribution < 1.29 is 18.7 Å². The summed E-state index contributed by atoms with van der Waals surface area (Å²) < 4.78 is 24.2. The summed E-state index contributed by atoms with van der Waals surface area (Å²) in [4.78, 5) is 13.8. The first-order chi connectivity index (χ1) is 10.1. The molecular weight excluding hydrogens is 275 g/mol. The molecule has 2 rings (SSSR count). The standard InChI is InChI=1S/C15H21FN2O3/c1-11-9-18(10-14(19)17-7-4-8-20-2)13-6-3-5-12(16)15(13)21-11/h3,5-6,11H,4,7-10H2,1-2H3,(H,17,19)/t11-/m0/s1. The Hall–Kier alpha value is -1.82. The Labute approximate surface area is 124 Å². The van der Waals surface area contributed by atoms with Crippen LogP contribution in [-0.2, 0) is 9.53 Å². The average Bonchev–Trinajstić information content (AvgIpc) is 2.45. The van der Waals surface area contributed by atoms with Gasteiger partial charge in [0.1, 0.15) is 6.10 Å². The number of ether oxygens (including phenoxy) is 2. The van der Waals surface area contributed by atoms with Crippen LogP contribution in [0.3, 0.4) is 0 Å². The zero-order valence-electron chi connectivity index (χ0n) is 12.4. The number of carbonyl (C=O) groups is 1. The van der Waals surface area contributed by atoms with Gasteiger partial charge in [0, 0.05) is 20.3 Å². The number of halogens is 1. The molecule has 0 unspecified atom stereocenters. The molecule has 1 aromatic carbocycles. The number of fused-ring (bicyclic) bond motifs is 1. The van der Waals surface area contributed by atoms with E-state index in [1.165, 1.54) is 6.07 Å². The van der Waals surface area contributed by atoms with Crippen molar-refractivity contribution in [2.45, 2.75) is 19.4 Å². The van der Waals surface area contributed by atoms with Gasteiger partial charge in [-0.05, 0) is 25.5 Å². The largest absolute Gasteiger partial charge is 0.484 e. The van der Waals surface area contributed by atoms with Crippen LogP contribution in [0.2, 0.25) is 0 Å². The van der Waals surface area contributed by atoms with Gasteiger partial charge >= 0.3 is 0 Å². The van der Waals surface area contributed by atoms with E-state index in [9.17, 15) is 9.18 Å². The number of amides is 1. The Morgan fingerprint density at radius 3 is 3.14 bits per heavy atom. The molecule has 0 bridgehead atoms. The summed E-state index contributed by atoms with van der Waals surface area (Å²) in [6.45, 7) is 3.80. The summed E-state index contributed by atoms with van der Waals surface area (Å²) in [7, 11) is 1.63. The van der Waals surface area contributed by atoms with Gasteiger partial charge < -0.3 is 19.7 Å². The number of methoxy groups -OCH3 is 1. The van der Waals surface area contributed by atoms with Crippen LogP contribution < -0.4 is 15.0 Å². The summed E-state index contributed by atoms with van der Waals surface area (Å²) in [5.74, 6) is -0.261. The third kappa shape index (κ3) is 4.07. The van der Waals surface area contributed by atoms with Crippen molar-refractivity contribution in [2.75, 3.05) is 38.3 Å². The number of hydrogen-bond acceptors (Lipinski definition) is 4. The van der Waals surface area contributed by atoms with Crippen molar-refractivity contribution in [3.63, 3.8) is 0 Å². The van der Waals surface area contributed by atoms with E-state index >= 15 is 0 Å². The summed E-state index contributed by atoms with van der Waals surface area (Å²) in [5, 5.41) is 2.83. The minimum Gasteiger partial charge on any atom is -0.484 e. The highest BCUT2D eigenvalue weighted by molar-refractivity contribution is 5.82. The molecule has 1 N–H and O–H groups in total. The predicted molar refractivity (Wildman–Crippen MR) is 78.2 cm³/mol. The highest BCUT2D eigenvalue weighted by Crippen LogP contribution is 2.35. The summed E-state index contributed by atoms with van der Waals surface area (Å²) >= 11 is 0. The van der Waals surface area contributed by atoms with Crippen LogP contribution in [0.5, 0.6) is 5.75 Å². The summed E-state index contributed by atoms with van der Waals surface area (Å²) in [6.07, 6.45) is 0.614. The number of carbonyl (C=O) groups excluding carboxylic acids is 1. The van der Waals surface area contributed by atoms with E-state index in [0.717, 1.165) is 6.42 Å². The average molecular weight is 296 g/mol. The Morgan fingerprint density at radius 1 is 1.57 bits per heavy atom. The van der Waals surface area contributed by atoms with Crippen molar-refractivity contribution in [1.29, 1.82) is 0 Å². The molecule has 0 radical (unpaired) electrons. The fourth-order valence-corrected chi connectivity index (χ4v) is 2.33. The maximum Gasteiger partial charge on any atom is 0.239 e. The second-order valence-corrected chi connectivity index (χ2v) is 5.09. The molecule has 1 aromatic rings. The molecule has 1 aliphatic rings. The molecule has 5 nitrogen and oxygen atoms in total. The normalized spacial score (nSPS) is 17.1. The Balaban J connectivity index is 1.98. The third-order valence-corrected chi connectivity index (χ3v) is 3.27. The molecule has 1 heterocycles. The van der Waals surface area contributed by atoms with Gasteiger partial charge in [0.15, 0.2) is 11.6 Å². The number of para-hydroxylation sites is 1. The fraction of sp³-hybridized carbons (Fsp3) is 0.533. The SMILES string of the molecule is COCCCNC(=O)CN1C[C@H](C)Oc2c(F)cccc21. The van der Waals surface area contributed by atoms with Gasteiger partial charge in [-0.3, -0.25) is 4.79 Å². The van der Waals surface area contributed by atoms with Crippen LogP contribution in [0, 0.1) is 5.82 Å². The lowest BCUT2D eigenvalue weighted by Crippen LogP contribution is -2.44. The number of benzene rings is 1. The molecule has 0 spiro atoms. The van der Waals surface area contributed by atoms with E-state index in [1.54, 1.807) is 19.2 Å². The molecule has 0 fully saturated rings. The van der Waals surface area contributed by atoms with Crippen molar-refractivity contribution in [3.05, 3.63) is 24.0 Å². The van der Waals surface area contributed by atoms with Crippen LogP contribution >= 0.6 is 0 Å². The smallest absolute Gasteiger partial charge is 0.239 e. The number of anilines is 1. The number of rotatable bonds is 6. The van der Waals surface area contributed by atoms with Crippen LogP contribution in [0.25, 0.3) is 0 Å². The number of hydrogen-bond donors (Lipinski definition) is 1. The quantitative estimate of drug-likeness (QED) is 0.810. The fourth-order valence-electron chi connectivity index (χ4n) is 2.33. The molecule has 1 atom stereocenters. The van der Waals surface area contributed by atoms with Gasteiger partial charge in [-0.25, -0.2) is 4.39 Å². The second-order valence-electron chi connectivity index (χ2n) is 5.09. The molecule has 6 heteroatoms. The first-order valence-corrected chi connectivity index (χ1v) is 7.07. The van der Waals surface area contributed by atoms with Gasteiger partial charge in [-0.15, -0.1) is 0 Å². The molecule has 21 heavy (non-hydrogen) atoms. The minimum absolute atomic E-state index is 0.0876. The van der Waals surface area contributed by atoms with Crippen molar-refractivity contribution in [3.8, 4) is 5.75 Å². The Bertz CT molecular complexity index is 496. The highest BCUT2D eigenvalue weighted by Gasteiger charge is 2.26. The lowest BCUT2D eigenvalue weighted by Gasteiger charge is -2.34. The number of nitrogens with one attached hydrogen (secondary N) is 1. The molecular formula is C15H21FN2O3. The molecule has 1 aliphatic heterocycles. The molecule has 116 valence electrons. The third-order valence-electron chi connectivity index (χ3n) is 3.27. The lowest BCUT2D eigenvalue weighted by molar-refractivity contribution is -0.119. The minimum atomic E-state index is -0.399. The van der Waals surface area contributed by atoms with Crippen molar-refractivity contribution in [2.24, 2.45) is 0 Å². The van der Waals surface area contributed by atoms with Crippen LogP contribution in [0.1, 0.15) is 13.3 Å². The molecule has 1 amide bonds. The van der Waals surface area contributed by atoms with E-state index in [4.69, 9.17) is 9.47 Å². The number of nitrogens with zero attached hydrogens (tertiary/aromatic N) is 1. The Kier molecular flexibility index (Phi) is 5.38. The van der Waals surface area contributed by atoms with Crippen LogP contribution in [0.4, 0.5) is 10.1 Å². The molecule has 0 saturated heterocycles. The molecule has 0 saturated carbocycles. The van der Waals surface area contributed by atoms with E-state index in [-0.39, 0.29) is 24.3 Å². The van der Waals surface area contributed by atoms with E-state index in [0.29, 0.717) is 25.4 Å². The summed E-state index contributed by atoms with van der Waals surface area (Å²) in [5.41, 5.74) is 0.625. The first-order valence-electron chi connectivity index (χ1n) is 7.07. The maximum absolute atomic E-state index is 13.8. The molecule has 0 aliphatic carbocycles. The van der Waals surface area contributed by atoms with Crippen molar-refractivity contribution in [1.82, 2.24) is 5.32 Å². The maximum atomic E-state index is 13.8. The molecule has 0 aromatic heterocycles. The summed E-state index contributed by atoms with van der Waals surface area (Å²) in [6, 6.07) is 4.75. The first kappa shape index (κ1) is 15.6. The van der Waals surface area contributed by atoms with Gasteiger partial charge in [0.2, 0.25) is 5.91 Å². The topological polar surface area (TPSA) is 50.8 Å². The van der Waals surface area contributed by atoms with E-state index < -0.39 is 5.82 Å². The zero-order valence-corrected chi connectivity index (χ0v) is 12.4.